The lowest BCUT2D eigenvalue weighted by Crippen LogP contribution is -2.21. The molecule has 0 saturated heterocycles. The van der Waals surface area contributed by atoms with E-state index in [0.717, 1.165) is 25.2 Å². The molecule has 1 aromatic heterocycles. The summed E-state index contributed by atoms with van der Waals surface area (Å²) >= 11 is 0. The molecule has 0 spiro atoms. The van der Waals surface area contributed by atoms with Gasteiger partial charge in [0.15, 0.2) is 0 Å². The molecule has 1 saturated carbocycles. The summed E-state index contributed by atoms with van der Waals surface area (Å²) in [5.41, 5.74) is 2.74. The number of rotatable bonds is 10. The summed E-state index contributed by atoms with van der Waals surface area (Å²) in [7, 11) is 0. The van der Waals surface area contributed by atoms with Crippen LogP contribution < -0.4 is 5.48 Å². The number of nitrogens with zero attached hydrogens (tertiary/aromatic N) is 2. The maximum absolute atomic E-state index is 12.0. The van der Waals surface area contributed by atoms with E-state index < -0.39 is 11.9 Å². The van der Waals surface area contributed by atoms with E-state index >= 15 is 0 Å². The largest absolute Gasteiger partial charge is 0.462 e. The van der Waals surface area contributed by atoms with Crippen molar-refractivity contribution in [3.8, 4) is 11.4 Å². The average molecular weight is 430 g/mol. The lowest BCUT2D eigenvalue weighted by atomic mass is 9.84. The highest BCUT2D eigenvalue weighted by Crippen LogP contribution is 2.31. The number of amides is 1. The van der Waals surface area contributed by atoms with Crippen LogP contribution in [0.3, 0.4) is 0 Å². The first kappa shape index (κ1) is 22.9. The van der Waals surface area contributed by atoms with E-state index in [4.69, 9.17) is 14.5 Å². The van der Waals surface area contributed by atoms with E-state index in [2.05, 4.69) is 10.1 Å². The Morgan fingerprint density at radius 3 is 2.84 bits per heavy atom. The van der Waals surface area contributed by atoms with Crippen LogP contribution in [-0.2, 0) is 9.53 Å². The summed E-state index contributed by atoms with van der Waals surface area (Å²) in [5.74, 6) is 0.307. The van der Waals surface area contributed by atoms with E-state index in [0.29, 0.717) is 29.4 Å². The molecule has 168 valence electrons. The molecule has 0 bridgehead atoms. The molecular formula is C23H31N3O5. The standard InChI is InChI=1S/C23H31N3O5/c1-2-30-23(28)19-13-7-11-17(14-19)21-24-22(31-26-21)18(15-20(27)25-29)12-6-10-16-8-4-3-5-9-16/h7,11,13-14,16,18,29H,2-6,8-10,12,15H2,1H3,(H,25,27)/t18-/m0/s1. The normalized spacial score (nSPS) is 15.4. The summed E-state index contributed by atoms with van der Waals surface area (Å²) in [5, 5.41) is 13.0. The van der Waals surface area contributed by atoms with Crippen LogP contribution in [0.4, 0.5) is 0 Å². The fraction of sp³-hybridized carbons (Fsp3) is 0.565. The summed E-state index contributed by atoms with van der Waals surface area (Å²) < 4.78 is 10.5. The third kappa shape index (κ3) is 6.62. The molecule has 1 heterocycles. The van der Waals surface area contributed by atoms with E-state index in [1.54, 1.807) is 36.7 Å². The van der Waals surface area contributed by atoms with Crippen molar-refractivity contribution in [3.05, 3.63) is 35.7 Å². The first-order chi connectivity index (χ1) is 15.1. The molecule has 1 aliphatic rings. The van der Waals surface area contributed by atoms with Gasteiger partial charge in [0.05, 0.1) is 12.2 Å². The average Bonchev–Trinajstić information content (AvgIpc) is 3.29. The summed E-state index contributed by atoms with van der Waals surface area (Å²) in [6, 6.07) is 6.85. The molecule has 2 N–H and O–H groups in total. The third-order valence-corrected chi connectivity index (χ3v) is 5.87. The fourth-order valence-corrected chi connectivity index (χ4v) is 4.23. The van der Waals surface area contributed by atoms with Gasteiger partial charge in [0.25, 0.3) is 0 Å². The molecule has 0 aliphatic heterocycles. The van der Waals surface area contributed by atoms with Gasteiger partial charge >= 0.3 is 5.97 Å². The minimum atomic E-state index is -0.480. The predicted molar refractivity (Wildman–Crippen MR) is 113 cm³/mol. The summed E-state index contributed by atoms with van der Waals surface area (Å²) in [4.78, 5) is 28.3. The number of esters is 1. The second-order valence-corrected chi connectivity index (χ2v) is 8.13. The molecule has 3 rings (SSSR count). The van der Waals surface area contributed by atoms with Gasteiger partial charge in [-0.3, -0.25) is 10.0 Å². The van der Waals surface area contributed by atoms with Gasteiger partial charge < -0.3 is 9.26 Å². The van der Waals surface area contributed by atoms with Crippen molar-refractivity contribution >= 4 is 11.9 Å². The molecule has 1 atom stereocenters. The third-order valence-electron chi connectivity index (χ3n) is 5.87. The molecule has 8 heteroatoms. The molecule has 1 aliphatic carbocycles. The zero-order valence-corrected chi connectivity index (χ0v) is 18.0. The molecule has 31 heavy (non-hydrogen) atoms. The summed E-state index contributed by atoms with van der Waals surface area (Å²) in [6.45, 7) is 2.05. The van der Waals surface area contributed by atoms with Crippen molar-refractivity contribution in [3.63, 3.8) is 0 Å². The zero-order valence-electron chi connectivity index (χ0n) is 18.0. The predicted octanol–water partition coefficient (Wildman–Crippen LogP) is 4.64. The molecule has 0 unspecified atom stereocenters. The molecule has 1 aromatic carbocycles. The SMILES string of the molecule is CCOC(=O)c1cccc(-c2noc([C@@H](CCCC3CCCCC3)CC(=O)NO)n2)c1. The number of hydrogen-bond acceptors (Lipinski definition) is 7. The zero-order chi connectivity index (χ0) is 22.1. The van der Waals surface area contributed by atoms with Crippen LogP contribution in [0.2, 0.25) is 0 Å². The van der Waals surface area contributed by atoms with Crippen molar-refractivity contribution in [2.24, 2.45) is 5.92 Å². The lowest BCUT2D eigenvalue weighted by Gasteiger charge is -2.22. The molecule has 1 fully saturated rings. The van der Waals surface area contributed by atoms with Crippen LogP contribution in [0.15, 0.2) is 28.8 Å². The van der Waals surface area contributed by atoms with Crippen molar-refractivity contribution in [1.82, 2.24) is 15.6 Å². The first-order valence-corrected chi connectivity index (χ1v) is 11.1. The summed E-state index contributed by atoms with van der Waals surface area (Å²) in [6.07, 6.45) is 9.40. The molecular weight excluding hydrogens is 398 g/mol. The van der Waals surface area contributed by atoms with Gasteiger partial charge in [-0.25, -0.2) is 10.3 Å². The number of aromatic nitrogens is 2. The van der Waals surface area contributed by atoms with Gasteiger partial charge in [-0.1, -0.05) is 62.2 Å². The number of carbonyl (C=O) groups excluding carboxylic acids is 2. The van der Waals surface area contributed by atoms with Gasteiger partial charge in [0.2, 0.25) is 17.6 Å². The van der Waals surface area contributed by atoms with Gasteiger partial charge in [-0.15, -0.1) is 0 Å². The van der Waals surface area contributed by atoms with E-state index in [1.807, 2.05) is 0 Å². The Morgan fingerprint density at radius 1 is 1.29 bits per heavy atom. The maximum Gasteiger partial charge on any atom is 0.338 e. The highest BCUT2D eigenvalue weighted by atomic mass is 16.5. The highest BCUT2D eigenvalue weighted by Gasteiger charge is 2.24. The van der Waals surface area contributed by atoms with Crippen LogP contribution in [0.25, 0.3) is 11.4 Å². The minimum Gasteiger partial charge on any atom is -0.462 e. The van der Waals surface area contributed by atoms with Crippen LogP contribution >= 0.6 is 0 Å². The first-order valence-electron chi connectivity index (χ1n) is 11.1. The lowest BCUT2D eigenvalue weighted by molar-refractivity contribution is -0.129. The number of nitrogens with one attached hydrogen (secondary N) is 1. The van der Waals surface area contributed by atoms with Crippen LogP contribution in [0.5, 0.6) is 0 Å². The smallest absolute Gasteiger partial charge is 0.338 e. The Labute approximate surface area is 182 Å². The van der Waals surface area contributed by atoms with Crippen molar-refractivity contribution in [2.75, 3.05) is 6.61 Å². The number of benzene rings is 1. The number of hydrogen-bond donors (Lipinski definition) is 2. The Morgan fingerprint density at radius 2 is 2.10 bits per heavy atom. The minimum absolute atomic E-state index is 0.0751. The van der Waals surface area contributed by atoms with Crippen molar-refractivity contribution < 1.29 is 24.1 Å². The second-order valence-electron chi connectivity index (χ2n) is 8.13. The van der Waals surface area contributed by atoms with Crippen molar-refractivity contribution in [1.29, 1.82) is 0 Å². The number of hydroxylamine groups is 1. The van der Waals surface area contributed by atoms with Crippen LogP contribution in [-0.4, -0.2) is 33.8 Å². The van der Waals surface area contributed by atoms with Gasteiger partial charge in [-0.2, -0.15) is 4.98 Å². The Balaban J connectivity index is 1.69. The van der Waals surface area contributed by atoms with Crippen LogP contribution in [0, 0.1) is 5.92 Å². The quantitative estimate of drug-likeness (QED) is 0.321. The highest BCUT2D eigenvalue weighted by molar-refractivity contribution is 5.90. The maximum atomic E-state index is 12.0. The van der Waals surface area contributed by atoms with Crippen molar-refractivity contribution in [2.45, 2.75) is 70.6 Å². The van der Waals surface area contributed by atoms with Gasteiger partial charge in [0, 0.05) is 17.9 Å². The Bertz CT molecular complexity index is 860. The Hall–Kier alpha value is -2.74. The monoisotopic (exact) mass is 429 g/mol. The number of ether oxygens (including phenoxy) is 1. The second kappa shape index (κ2) is 11.6. The topological polar surface area (TPSA) is 115 Å². The van der Waals surface area contributed by atoms with Gasteiger partial charge in [0.1, 0.15) is 0 Å². The van der Waals surface area contributed by atoms with E-state index in [9.17, 15) is 9.59 Å². The van der Waals surface area contributed by atoms with E-state index in [1.165, 1.54) is 32.1 Å². The molecule has 0 radical (unpaired) electrons. The molecule has 2 aromatic rings. The van der Waals surface area contributed by atoms with Gasteiger partial charge in [-0.05, 0) is 31.4 Å². The molecule has 1 amide bonds. The van der Waals surface area contributed by atoms with Crippen LogP contribution in [0.1, 0.15) is 86.9 Å². The number of carbonyl (C=O) groups is 2. The molecule has 8 nitrogen and oxygen atoms in total. The Kier molecular flexibility index (Phi) is 8.58. The fourth-order valence-electron chi connectivity index (χ4n) is 4.23. The van der Waals surface area contributed by atoms with E-state index in [-0.39, 0.29) is 12.3 Å².